The second-order valence-corrected chi connectivity index (χ2v) is 5.06. The SMILES string of the molecule is CCC(C(CCC(=O)O)C(=O)O)C(CC)(CC)C(=O)O. The molecule has 116 valence electrons. The Morgan fingerprint density at radius 3 is 1.75 bits per heavy atom. The Hall–Kier alpha value is -1.59. The highest BCUT2D eigenvalue weighted by Crippen LogP contribution is 2.43. The van der Waals surface area contributed by atoms with Crippen LogP contribution in [0.4, 0.5) is 0 Å². The lowest BCUT2D eigenvalue weighted by Gasteiger charge is -2.38. The summed E-state index contributed by atoms with van der Waals surface area (Å²) in [6, 6.07) is 0. The number of aliphatic carboxylic acids is 3. The normalized spacial score (nSPS) is 14.6. The molecule has 0 saturated heterocycles. The molecule has 0 amide bonds. The van der Waals surface area contributed by atoms with E-state index in [9.17, 15) is 24.6 Å². The monoisotopic (exact) mass is 288 g/mol. The molecule has 0 aromatic heterocycles. The number of carboxylic acids is 3. The summed E-state index contributed by atoms with van der Waals surface area (Å²) >= 11 is 0. The van der Waals surface area contributed by atoms with Gasteiger partial charge in [-0.05, 0) is 25.2 Å². The Bertz CT molecular complexity index is 359. The maximum Gasteiger partial charge on any atom is 0.309 e. The highest BCUT2D eigenvalue weighted by molar-refractivity contribution is 5.78. The third-order valence-corrected chi connectivity index (χ3v) is 4.31. The Kier molecular flexibility index (Phi) is 7.24. The van der Waals surface area contributed by atoms with E-state index in [0.717, 1.165) is 0 Å². The van der Waals surface area contributed by atoms with Crippen molar-refractivity contribution in [1.29, 1.82) is 0 Å². The van der Waals surface area contributed by atoms with E-state index >= 15 is 0 Å². The second-order valence-electron chi connectivity index (χ2n) is 5.06. The second kappa shape index (κ2) is 7.87. The fraction of sp³-hybridized carbons (Fsp3) is 0.786. The average molecular weight is 288 g/mol. The van der Waals surface area contributed by atoms with E-state index in [1.54, 1.807) is 20.8 Å². The number of carboxylic acid groups (broad SMARTS) is 3. The van der Waals surface area contributed by atoms with Crippen LogP contribution in [0.2, 0.25) is 0 Å². The topological polar surface area (TPSA) is 112 Å². The van der Waals surface area contributed by atoms with Crippen LogP contribution in [-0.4, -0.2) is 33.2 Å². The van der Waals surface area contributed by atoms with Crippen molar-refractivity contribution in [3.63, 3.8) is 0 Å². The first-order valence-corrected chi connectivity index (χ1v) is 6.94. The van der Waals surface area contributed by atoms with Gasteiger partial charge < -0.3 is 15.3 Å². The van der Waals surface area contributed by atoms with Crippen molar-refractivity contribution < 1.29 is 29.7 Å². The summed E-state index contributed by atoms with van der Waals surface area (Å²) < 4.78 is 0. The molecule has 6 nitrogen and oxygen atoms in total. The molecule has 20 heavy (non-hydrogen) atoms. The highest BCUT2D eigenvalue weighted by Gasteiger charge is 2.47. The number of carbonyl (C=O) groups is 3. The van der Waals surface area contributed by atoms with Gasteiger partial charge in [-0.3, -0.25) is 14.4 Å². The van der Waals surface area contributed by atoms with Crippen molar-refractivity contribution in [3.8, 4) is 0 Å². The van der Waals surface area contributed by atoms with Gasteiger partial charge >= 0.3 is 17.9 Å². The maximum atomic E-state index is 11.6. The van der Waals surface area contributed by atoms with Gasteiger partial charge in [-0.25, -0.2) is 0 Å². The van der Waals surface area contributed by atoms with Gasteiger partial charge in [0, 0.05) is 6.42 Å². The van der Waals surface area contributed by atoms with Crippen LogP contribution >= 0.6 is 0 Å². The Balaban J connectivity index is 5.48. The van der Waals surface area contributed by atoms with E-state index in [-0.39, 0.29) is 12.8 Å². The molecule has 0 aromatic rings. The molecule has 0 heterocycles. The molecule has 0 bridgehead atoms. The summed E-state index contributed by atoms with van der Waals surface area (Å²) in [6.07, 6.45) is 0.738. The maximum absolute atomic E-state index is 11.6. The summed E-state index contributed by atoms with van der Waals surface area (Å²) in [5.74, 6) is -4.72. The molecule has 0 aliphatic rings. The molecule has 0 rings (SSSR count). The van der Waals surface area contributed by atoms with Crippen molar-refractivity contribution in [1.82, 2.24) is 0 Å². The van der Waals surface area contributed by atoms with Gasteiger partial charge in [0.15, 0.2) is 0 Å². The predicted molar refractivity (Wildman–Crippen MR) is 72.4 cm³/mol. The zero-order chi connectivity index (χ0) is 15.9. The van der Waals surface area contributed by atoms with Gasteiger partial charge in [0.25, 0.3) is 0 Å². The van der Waals surface area contributed by atoms with Gasteiger partial charge in [0.2, 0.25) is 0 Å². The zero-order valence-electron chi connectivity index (χ0n) is 12.3. The van der Waals surface area contributed by atoms with E-state index < -0.39 is 35.2 Å². The molecular formula is C14H24O6. The molecule has 2 atom stereocenters. The van der Waals surface area contributed by atoms with Crippen LogP contribution in [0.5, 0.6) is 0 Å². The molecule has 6 heteroatoms. The minimum Gasteiger partial charge on any atom is -0.481 e. The summed E-state index contributed by atoms with van der Waals surface area (Å²) in [5, 5.41) is 27.6. The fourth-order valence-electron chi connectivity index (χ4n) is 3.07. The largest absolute Gasteiger partial charge is 0.481 e. The molecule has 0 radical (unpaired) electrons. The predicted octanol–water partition coefficient (Wildman–Crippen LogP) is 2.47. The zero-order valence-corrected chi connectivity index (χ0v) is 12.3. The first-order valence-electron chi connectivity index (χ1n) is 6.94. The van der Waals surface area contributed by atoms with Crippen molar-refractivity contribution in [2.45, 2.75) is 52.9 Å². The number of hydrogen-bond acceptors (Lipinski definition) is 3. The lowest BCUT2D eigenvalue weighted by molar-refractivity contribution is -0.159. The van der Waals surface area contributed by atoms with Gasteiger partial charge in [0.05, 0.1) is 11.3 Å². The van der Waals surface area contributed by atoms with E-state index in [1.165, 1.54) is 0 Å². The molecule has 2 unspecified atom stereocenters. The molecule has 0 fully saturated rings. The Morgan fingerprint density at radius 2 is 1.50 bits per heavy atom. The van der Waals surface area contributed by atoms with E-state index in [2.05, 4.69) is 0 Å². The quantitative estimate of drug-likeness (QED) is 0.569. The summed E-state index contributed by atoms with van der Waals surface area (Å²) in [7, 11) is 0. The molecular weight excluding hydrogens is 264 g/mol. The van der Waals surface area contributed by atoms with Crippen LogP contribution in [0.25, 0.3) is 0 Å². The third-order valence-electron chi connectivity index (χ3n) is 4.31. The minimum absolute atomic E-state index is 0.0434. The van der Waals surface area contributed by atoms with Crippen LogP contribution in [0.1, 0.15) is 52.9 Å². The minimum atomic E-state index is -1.12. The third kappa shape index (κ3) is 3.95. The van der Waals surface area contributed by atoms with Gasteiger partial charge in [0.1, 0.15) is 0 Å². The van der Waals surface area contributed by atoms with Crippen molar-refractivity contribution in [3.05, 3.63) is 0 Å². The summed E-state index contributed by atoms with van der Waals surface area (Å²) in [5.41, 5.74) is -1.11. The van der Waals surface area contributed by atoms with E-state index in [0.29, 0.717) is 19.3 Å². The van der Waals surface area contributed by atoms with Crippen LogP contribution in [0.15, 0.2) is 0 Å². The van der Waals surface area contributed by atoms with E-state index in [4.69, 9.17) is 5.11 Å². The average Bonchev–Trinajstić information content (AvgIpc) is 2.37. The first kappa shape index (κ1) is 18.4. The van der Waals surface area contributed by atoms with Crippen LogP contribution in [-0.2, 0) is 14.4 Å². The molecule has 0 spiro atoms. The van der Waals surface area contributed by atoms with Crippen LogP contribution in [0.3, 0.4) is 0 Å². The summed E-state index contributed by atoms with van der Waals surface area (Å²) in [4.78, 5) is 33.7. The van der Waals surface area contributed by atoms with Gasteiger partial charge in [-0.15, -0.1) is 0 Å². The molecule has 0 aliphatic carbocycles. The lowest BCUT2D eigenvalue weighted by atomic mass is 9.64. The van der Waals surface area contributed by atoms with Crippen molar-refractivity contribution in [2.75, 3.05) is 0 Å². The Labute approximate surface area is 118 Å². The highest BCUT2D eigenvalue weighted by atomic mass is 16.4. The van der Waals surface area contributed by atoms with Crippen molar-refractivity contribution in [2.24, 2.45) is 17.3 Å². The van der Waals surface area contributed by atoms with Gasteiger partial charge in [-0.1, -0.05) is 27.2 Å². The lowest BCUT2D eigenvalue weighted by Crippen LogP contribution is -2.43. The molecule has 3 N–H and O–H groups in total. The number of rotatable bonds is 10. The number of hydrogen-bond donors (Lipinski definition) is 3. The van der Waals surface area contributed by atoms with Crippen LogP contribution in [0, 0.1) is 17.3 Å². The van der Waals surface area contributed by atoms with E-state index in [1.807, 2.05) is 0 Å². The molecule has 0 aromatic carbocycles. The Morgan fingerprint density at radius 1 is 1.00 bits per heavy atom. The van der Waals surface area contributed by atoms with Crippen molar-refractivity contribution >= 4 is 17.9 Å². The standard InChI is InChI=1S/C14H24O6/c1-4-10(14(5-2,6-3)13(19)20)9(12(17)18)7-8-11(15)16/h9-10H,4-8H2,1-3H3,(H,15,16)(H,17,18)(H,19,20). The smallest absolute Gasteiger partial charge is 0.309 e. The summed E-state index contributed by atoms with van der Waals surface area (Å²) in [6.45, 7) is 5.22. The fourth-order valence-corrected chi connectivity index (χ4v) is 3.07. The molecule has 0 aliphatic heterocycles. The van der Waals surface area contributed by atoms with Gasteiger partial charge in [-0.2, -0.15) is 0 Å². The van der Waals surface area contributed by atoms with Crippen LogP contribution < -0.4 is 0 Å². The first-order chi connectivity index (χ1) is 9.26. The molecule has 0 saturated carbocycles.